The summed E-state index contributed by atoms with van der Waals surface area (Å²) in [6, 6.07) is 12.7. The zero-order valence-corrected chi connectivity index (χ0v) is 21.0. The lowest BCUT2D eigenvalue weighted by atomic mass is 9.91. The topological polar surface area (TPSA) is 49.7 Å². The van der Waals surface area contributed by atoms with Gasteiger partial charge in [-0.3, -0.25) is 0 Å². The van der Waals surface area contributed by atoms with Gasteiger partial charge in [0, 0.05) is 23.4 Å². The summed E-state index contributed by atoms with van der Waals surface area (Å²) in [7, 11) is 3.11. The molecule has 1 aliphatic rings. The predicted octanol–water partition coefficient (Wildman–Crippen LogP) is 7.05. The van der Waals surface area contributed by atoms with Crippen LogP contribution in [-0.2, 0) is 23.9 Å². The average Bonchev–Trinajstić information content (AvgIpc) is 3.19. The number of hydrogen-bond acceptors (Lipinski definition) is 4. The molecule has 4 aromatic rings. The fourth-order valence-electron chi connectivity index (χ4n) is 5.38. The highest BCUT2D eigenvalue weighted by molar-refractivity contribution is 6.10. The van der Waals surface area contributed by atoms with E-state index in [0.717, 1.165) is 22.9 Å². The number of hydrogen-bond donors (Lipinski definition) is 0. The maximum absolute atomic E-state index is 13.8. The first kappa shape index (κ1) is 24.7. The Balaban J connectivity index is 1.86. The summed E-state index contributed by atoms with van der Waals surface area (Å²) in [6.07, 6.45) is -3.82. The Labute approximate surface area is 212 Å². The molecule has 0 saturated carbocycles. The molecule has 37 heavy (non-hydrogen) atoms. The van der Waals surface area contributed by atoms with E-state index >= 15 is 0 Å². The van der Waals surface area contributed by atoms with Gasteiger partial charge in [0.15, 0.2) is 11.5 Å². The number of aryl methyl sites for hydroxylation is 1. The van der Waals surface area contributed by atoms with E-state index in [9.17, 15) is 18.0 Å². The second kappa shape index (κ2) is 9.18. The fourth-order valence-corrected chi connectivity index (χ4v) is 5.38. The molecule has 5 nitrogen and oxygen atoms in total. The summed E-state index contributed by atoms with van der Waals surface area (Å²) in [4.78, 5) is 13.5. The Hall–Kier alpha value is -3.94. The van der Waals surface area contributed by atoms with E-state index in [1.54, 1.807) is 39.3 Å². The molecule has 1 aromatic heterocycles. The van der Waals surface area contributed by atoms with Crippen LogP contribution >= 0.6 is 0 Å². The monoisotopic (exact) mass is 509 g/mol. The molecule has 5 rings (SSSR count). The number of methoxy groups -OCH3 is 2. The number of halogens is 3. The fraction of sp³-hybridized carbons (Fsp3) is 0.276. The highest BCUT2D eigenvalue weighted by atomic mass is 19.4. The number of benzene rings is 3. The molecule has 0 saturated heterocycles. The van der Waals surface area contributed by atoms with Gasteiger partial charge in [-0.05, 0) is 60.4 Å². The molecule has 0 N–H and O–H groups in total. The van der Waals surface area contributed by atoms with Gasteiger partial charge in [0.25, 0.3) is 0 Å². The molecule has 0 unspecified atom stereocenters. The number of alkyl halides is 3. The zero-order chi connectivity index (χ0) is 26.5. The Bertz CT molecular complexity index is 1530. The summed E-state index contributed by atoms with van der Waals surface area (Å²) in [5, 5.41) is 0.499. The summed E-state index contributed by atoms with van der Waals surface area (Å²) in [6.45, 7) is 4.37. The first-order chi connectivity index (χ1) is 17.7. The van der Waals surface area contributed by atoms with Crippen LogP contribution in [-0.4, -0.2) is 31.4 Å². The number of aromatic nitrogens is 1. The van der Waals surface area contributed by atoms with Crippen molar-refractivity contribution in [2.45, 2.75) is 33.0 Å². The van der Waals surface area contributed by atoms with E-state index in [1.807, 2.05) is 23.6 Å². The lowest BCUT2D eigenvalue weighted by Gasteiger charge is -2.23. The summed E-state index contributed by atoms with van der Waals surface area (Å²) in [5.74, 6) is 0.579. The van der Waals surface area contributed by atoms with Gasteiger partial charge in [0.05, 0.1) is 37.6 Å². The Morgan fingerprint density at radius 3 is 2.32 bits per heavy atom. The van der Waals surface area contributed by atoms with Crippen molar-refractivity contribution in [3.05, 3.63) is 70.9 Å². The molecular weight excluding hydrogens is 483 g/mol. The summed E-state index contributed by atoms with van der Waals surface area (Å²) < 4.78 is 60.0. The first-order valence-corrected chi connectivity index (χ1v) is 12.0. The van der Waals surface area contributed by atoms with Crippen molar-refractivity contribution in [2.75, 3.05) is 20.8 Å². The molecule has 0 radical (unpaired) electrons. The minimum absolute atomic E-state index is 0.0812. The second-order valence-corrected chi connectivity index (χ2v) is 8.87. The summed E-state index contributed by atoms with van der Waals surface area (Å²) >= 11 is 0. The van der Waals surface area contributed by atoms with E-state index in [2.05, 4.69) is 0 Å². The van der Waals surface area contributed by atoms with Gasteiger partial charge < -0.3 is 18.8 Å². The minimum Gasteiger partial charge on any atom is -0.493 e. The third-order valence-corrected chi connectivity index (χ3v) is 6.97. The Kier molecular flexibility index (Phi) is 6.14. The number of carbonyl (C=O) groups excluding carboxylic acids is 1. The molecule has 0 aliphatic carbocycles. The predicted molar refractivity (Wildman–Crippen MR) is 135 cm³/mol. The van der Waals surface area contributed by atoms with Crippen LogP contribution in [0.3, 0.4) is 0 Å². The van der Waals surface area contributed by atoms with Crippen molar-refractivity contribution < 1.29 is 32.2 Å². The van der Waals surface area contributed by atoms with E-state index < -0.39 is 17.7 Å². The number of rotatable bonds is 5. The lowest BCUT2D eigenvalue weighted by Crippen LogP contribution is -2.15. The highest BCUT2D eigenvalue weighted by Gasteiger charge is 2.35. The van der Waals surface area contributed by atoms with Crippen LogP contribution in [0.4, 0.5) is 13.2 Å². The number of esters is 1. The van der Waals surface area contributed by atoms with Crippen LogP contribution in [0.1, 0.15) is 34.1 Å². The summed E-state index contributed by atoms with van der Waals surface area (Å²) in [5.41, 5.74) is 3.97. The van der Waals surface area contributed by atoms with Crippen molar-refractivity contribution in [3.63, 3.8) is 0 Å². The highest BCUT2D eigenvalue weighted by Crippen LogP contribution is 2.47. The molecular formula is C29H26F3NO4. The van der Waals surface area contributed by atoms with Crippen molar-refractivity contribution >= 4 is 16.7 Å². The van der Waals surface area contributed by atoms with Crippen LogP contribution in [0.25, 0.3) is 33.2 Å². The van der Waals surface area contributed by atoms with E-state index in [-0.39, 0.29) is 12.0 Å². The van der Waals surface area contributed by atoms with Crippen molar-refractivity contribution in [1.82, 2.24) is 4.57 Å². The lowest BCUT2D eigenvalue weighted by molar-refractivity contribution is -0.136. The quantitative estimate of drug-likeness (QED) is 0.271. The van der Waals surface area contributed by atoms with Crippen molar-refractivity contribution in [3.8, 4) is 33.9 Å². The Morgan fingerprint density at radius 1 is 0.973 bits per heavy atom. The molecule has 0 fully saturated rings. The normalized spacial score (nSPS) is 12.7. The van der Waals surface area contributed by atoms with Crippen molar-refractivity contribution in [1.29, 1.82) is 0 Å². The third-order valence-electron chi connectivity index (χ3n) is 6.97. The third kappa shape index (κ3) is 3.91. The standard InChI is InChI=1S/C29H26F3NO4/c1-5-37-28(34)26-25(20-10-6-9-19-18(20)8-7-11-22(19)29(30,31)32)16(2)33-13-12-17-14-23(35-3)24(36-4)15-21(17)27(26)33/h6-11,14-15H,5,12-13H2,1-4H3. The van der Waals surface area contributed by atoms with Gasteiger partial charge in [0.2, 0.25) is 0 Å². The number of fused-ring (bicyclic) bond motifs is 4. The molecule has 0 atom stereocenters. The molecule has 8 heteroatoms. The number of ether oxygens (including phenoxy) is 3. The molecule has 0 bridgehead atoms. The molecule has 0 amide bonds. The molecule has 1 aliphatic heterocycles. The number of carbonyl (C=O) groups is 1. The van der Waals surface area contributed by atoms with E-state index in [4.69, 9.17) is 14.2 Å². The van der Waals surface area contributed by atoms with Gasteiger partial charge in [-0.15, -0.1) is 0 Å². The molecule has 2 heterocycles. The Morgan fingerprint density at radius 2 is 1.65 bits per heavy atom. The maximum Gasteiger partial charge on any atom is 0.417 e. The van der Waals surface area contributed by atoms with Gasteiger partial charge in [-0.2, -0.15) is 13.2 Å². The van der Waals surface area contributed by atoms with Gasteiger partial charge in [-0.1, -0.05) is 30.3 Å². The SMILES string of the molecule is CCOC(=O)c1c(-c2cccc3c(C(F)(F)F)cccc23)c(C)n2c1-c1cc(OC)c(OC)cc1CC2. The maximum atomic E-state index is 13.8. The van der Waals surface area contributed by atoms with Gasteiger partial charge in [-0.25, -0.2) is 4.79 Å². The van der Waals surface area contributed by atoms with Crippen LogP contribution < -0.4 is 9.47 Å². The van der Waals surface area contributed by atoms with Gasteiger partial charge >= 0.3 is 12.1 Å². The molecule has 3 aromatic carbocycles. The zero-order valence-electron chi connectivity index (χ0n) is 21.0. The molecule has 0 spiro atoms. The van der Waals surface area contributed by atoms with E-state index in [1.165, 1.54) is 12.1 Å². The van der Waals surface area contributed by atoms with Crippen LogP contribution in [0.2, 0.25) is 0 Å². The van der Waals surface area contributed by atoms with Crippen molar-refractivity contribution in [2.24, 2.45) is 0 Å². The smallest absolute Gasteiger partial charge is 0.417 e. The first-order valence-electron chi connectivity index (χ1n) is 12.0. The average molecular weight is 510 g/mol. The largest absolute Gasteiger partial charge is 0.493 e. The second-order valence-electron chi connectivity index (χ2n) is 8.87. The molecule has 192 valence electrons. The van der Waals surface area contributed by atoms with E-state index in [0.29, 0.717) is 52.2 Å². The van der Waals surface area contributed by atoms with Crippen LogP contribution in [0.5, 0.6) is 11.5 Å². The number of nitrogens with zero attached hydrogens (tertiary/aromatic N) is 1. The van der Waals surface area contributed by atoms with Gasteiger partial charge in [0.1, 0.15) is 0 Å². The minimum atomic E-state index is -4.51. The van der Waals surface area contributed by atoms with Crippen LogP contribution in [0.15, 0.2) is 48.5 Å². The van der Waals surface area contributed by atoms with Crippen LogP contribution in [0, 0.1) is 6.92 Å².